The first kappa shape index (κ1) is 18.5. The summed E-state index contributed by atoms with van der Waals surface area (Å²) in [6.07, 6.45) is 2.24. The molecule has 0 saturated carbocycles. The van der Waals surface area contributed by atoms with Gasteiger partial charge in [-0.1, -0.05) is 0 Å². The van der Waals surface area contributed by atoms with Crippen molar-refractivity contribution in [2.45, 2.75) is 33.1 Å². The molecule has 24 heavy (non-hydrogen) atoms. The fraction of sp³-hybridized carbons (Fsp3) is 0.579. The monoisotopic (exact) mass is 334 g/mol. The molecule has 1 fully saturated rings. The molecule has 1 aromatic carbocycles. The van der Waals surface area contributed by atoms with Crippen molar-refractivity contribution in [1.29, 1.82) is 0 Å². The van der Waals surface area contributed by atoms with Crippen molar-refractivity contribution in [3.8, 4) is 5.75 Å². The van der Waals surface area contributed by atoms with E-state index in [0.29, 0.717) is 19.6 Å². The van der Waals surface area contributed by atoms with Gasteiger partial charge in [0.2, 0.25) is 0 Å². The van der Waals surface area contributed by atoms with E-state index in [4.69, 9.17) is 9.47 Å². The molecule has 0 aliphatic carbocycles. The Morgan fingerprint density at radius 2 is 1.75 bits per heavy atom. The summed E-state index contributed by atoms with van der Waals surface area (Å²) in [6, 6.07) is 7.34. The zero-order valence-corrected chi connectivity index (χ0v) is 14.7. The number of hydrogen-bond acceptors (Lipinski definition) is 4. The smallest absolute Gasteiger partial charge is 0.309 e. The number of quaternary nitrogens is 1. The average Bonchev–Trinajstić information content (AvgIpc) is 2.61. The standard InChI is InChI=1S/C19H27NO4/c1-3-23-17-7-5-15(6-8-17)18(21)11-14-20-12-9-16(10-13-20)19(22)24-4-2/h5-8,16H,3-4,9-14H2,1-2H3/p+1. The molecule has 0 radical (unpaired) electrons. The zero-order chi connectivity index (χ0) is 17.4. The van der Waals surface area contributed by atoms with Crippen LogP contribution in [0.2, 0.25) is 0 Å². The van der Waals surface area contributed by atoms with Crippen LogP contribution >= 0.6 is 0 Å². The van der Waals surface area contributed by atoms with Crippen LogP contribution in [0.5, 0.6) is 5.75 Å². The van der Waals surface area contributed by atoms with Crippen LogP contribution in [0.15, 0.2) is 24.3 Å². The Labute approximate surface area is 143 Å². The molecule has 0 amide bonds. The Hall–Kier alpha value is -1.88. The summed E-state index contributed by atoms with van der Waals surface area (Å²) in [6.45, 7) is 7.53. The van der Waals surface area contributed by atoms with Gasteiger partial charge >= 0.3 is 5.97 Å². The van der Waals surface area contributed by atoms with Crippen LogP contribution in [0.25, 0.3) is 0 Å². The quantitative estimate of drug-likeness (QED) is 0.578. The van der Waals surface area contributed by atoms with Crippen LogP contribution in [-0.2, 0) is 9.53 Å². The molecule has 0 unspecified atom stereocenters. The van der Waals surface area contributed by atoms with Crippen molar-refractivity contribution in [2.24, 2.45) is 5.92 Å². The van der Waals surface area contributed by atoms with Gasteiger partial charge in [0.1, 0.15) is 5.75 Å². The highest BCUT2D eigenvalue weighted by Gasteiger charge is 2.28. The molecule has 132 valence electrons. The van der Waals surface area contributed by atoms with Crippen molar-refractivity contribution < 1.29 is 24.0 Å². The molecule has 0 bridgehead atoms. The molecular formula is C19H28NO4+. The first-order valence-corrected chi connectivity index (χ1v) is 8.90. The fourth-order valence-electron chi connectivity index (χ4n) is 3.11. The zero-order valence-electron chi connectivity index (χ0n) is 14.7. The third kappa shape index (κ3) is 5.34. The maximum atomic E-state index is 12.3. The Kier molecular flexibility index (Phi) is 7.25. The Balaban J connectivity index is 1.73. The van der Waals surface area contributed by atoms with Gasteiger partial charge in [0.15, 0.2) is 5.78 Å². The number of nitrogens with one attached hydrogen (secondary N) is 1. The Bertz CT molecular complexity index is 533. The van der Waals surface area contributed by atoms with Gasteiger partial charge in [0.25, 0.3) is 0 Å². The first-order valence-electron chi connectivity index (χ1n) is 8.90. The van der Waals surface area contributed by atoms with E-state index < -0.39 is 0 Å². The van der Waals surface area contributed by atoms with E-state index in [2.05, 4.69) is 0 Å². The topological polar surface area (TPSA) is 57.0 Å². The Morgan fingerprint density at radius 3 is 2.33 bits per heavy atom. The van der Waals surface area contributed by atoms with E-state index in [1.807, 2.05) is 38.1 Å². The third-order valence-electron chi connectivity index (χ3n) is 4.51. The number of rotatable bonds is 8. The Morgan fingerprint density at radius 1 is 1.08 bits per heavy atom. The van der Waals surface area contributed by atoms with Gasteiger partial charge in [0.05, 0.1) is 45.2 Å². The van der Waals surface area contributed by atoms with Crippen LogP contribution in [0.3, 0.4) is 0 Å². The van der Waals surface area contributed by atoms with E-state index in [1.165, 1.54) is 4.90 Å². The predicted octanol–water partition coefficient (Wildman–Crippen LogP) is 1.52. The van der Waals surface area contributed by atoms with Crippen LogP contribution in [0, 0.1) is 5.92 Å². The lowest BCUT2D eigenvalue weighted by molar-refractivity contribution is -0.905. The number of ether oxygens (including phenoxy) is 2. The number of Topliss-reactive ketones (excluding diaryl/α,β-unsaturated/α-hetero) is 1. The van der Waals surface area contributed by atoms with Crippen molar-refractivity contribution in [3.05, 3.63) is 29.8 Å². The number of hydrogen-bond donors (Lipinski definition) is 1. The summed E-state index contributed by atoms with van der Waals surface area (Å²) in [5.74, 6) is 0.927. The van der Waals surface area contributed by atoms with Crippen LogP contribution in [-0.4, -0.2) is 44.6 Å². The molecule has 1 aliphatic heterocycles. The van der Waals surface area contributed by atoms with Crippen LogP contribution in [0.1, 0.15) is 43.5 Å². The van der Waals surface area contributed by atoms with Crippen molar-refractivity contribution in [3.63, 3.8) is 0 Å². The molecule has 1 aromatic rings. The minimum Gasteiger partial charge on any atom is -0.494 e. The molecular weight excluding hydrogens is 306 g/mol. The molecule has 1 heterocycles. The SMILES string of the molecule is CCOC(=O)C1CC[NH+](CCC(=O)c2ccc(OCC)cc2)CC1. The van der Waals surface area contributed by atoms with Gasteiger partial charge in [-0.25, -0.2) is 0 Å². The molecule has 0 aromatic heterocycles. The summed E-state index contributed by atoms with van der Waals surface area (Å²) in [7, 11) is 0. The summed E-state index contributed by atoms with van der Waals surface area (Å²) in [5, 5.41) is 0. The highest BCUT2D eigenvalue weighted by molar-refractivity contribution is 5.96. The van der Waals surface area contributed by atoms with E-state index >= 15 is 0 Å². The van der Waals surface area contributed by atoms with Gasteiger partial charge in [-0.3, -0.25) is 9.59 Å². The second-order valence-corrected chi connectivity index (χ2v) is 6.16. The molecule has 1 aliphatic rings. The van der Waals surface area contributed by atoms with Gasteiger partial charge in [-0.2, -0.15) is 0 Å². The molecule has 0 atom stereocenters. The van der Waals surface area contributed by atoms with Gasteiger partial charge in [-0.15, -0.1) is 0 Å². The van der Waals surface area contributed by atoms with Gasteiger partial charge < -0.3 is 14.4 Å². The van der Waals surface area contributed by atoms with E-state index in [9.17, 15) is 9.59 Å². The summed E-state index contributed by atoms with van der Waals surface area (Å²) < 4.78 is 10.5. The van der Waals surface area contributed by atoms with Gasteiger partial charge in [0, 0.05) is 18.4 Å². The molecule has 5 nitrogen and oxygen atoms in total. The van der Waals surface area contributed by atoms with Crippen molar-refractivity contribution in [1.82, 2.24) is 0 Å². The number of carbonyl (C=O) groups excluding carboxylic acids is 2. The number of benzene rings is 1. The molecule has 0 spiro atoms. The lowest BCUT2D eigenvalue weighted by Crippen LogP contribution is -3.13. The lowest BCUT2D eigenvalue weighted by atomic mass is 9.96. The van der Waals surface area contributed by atoms with Gasteiger partial charge in [-0.05, 0) is 38.1 Å². The van der Waals surface area contributed by atoms with Crippen LogP contribution in [0.4, 0.5) is 0 Å². The van der Waals surface area contributed by atoms with E-state index in [1.54, 1.807) is 0 Å². The third-order valence-corrected chi connectivity index (χ3v) is 4.51. The number of esters is 1. The number of ketones is 1. The van der Waals surface area contributed by atoms with Crippen molar-refractivity contribution >= 4 is 11.8 Å². The second-order valence-electron chi connectivity index (χ2n) is 6.16. The lowest BCUT2D eigenvalue weighted by Gasteiger charge is -2.27. The molecule has 5 heteroatoms. The maximum Gasteiger partial charge on any atom is 0.309 e. The molecule has 1 N–H and O–H groups in total. The number of likely N-dealkylation sites (tertiary alicyclic amines) is 1. The molecule has 1 saturated heterocycles. The van der Waals surface area contributed by atoms with Crippen molar-refractivity contribution in [2.75, 3.05) is 32.8 Å². The van der Waals surface area contributed by atoms with E-state index in [-0.39, 0.29) is 17.7 Å². The number of carbonyl (C=O) groups is 2. The highest BCUT2D eigenvalue weighted by atomic mass is 16.5. The second kappa shape index (κ2) is 9.42. The van der Waals surface area contributed by atoms with Crippen LogP contribution < -0.4 is 9.64 Å². The summed E-state index contributed by atoms with van der Waals surface area (Å²) in [4.78, 5) is 25.4. The average molecular weight is 334 g/mol. The first-order chi connectivity index (χ1) is 11.6. The molecule has 2 rings (SSSR count). The normalized spacial score (nSPS) is 20.4. The van der Waals surface area contributed by atoms with E-state index in [0.717, 1.165) is 43.8 Å². The minimum atomic E-state index is -0.0676. The highest BCUT2D eigenvalue weighted by Crippen LogP contribution is 2.14. The largest absolute Gasteiger partial charge is 0.494 e. The summed E-state index contributed by atoms with van der Waals surface area (Å²) >= 11 is 0. The fourth-order valence-corrected chi connectivity index (χ4v) is 3.11. The predicted molar refractivity (Wildman–Crippen MR) is 91.5 cm³/mol. The summed E-state index contributed by atoms with van der Waals surface area (Å²) in [5.41, 5.74) is 0.735. The maximum absolute atomic E-state index is 12.3. The number of piperidine rings is 1. The minimum absolute atomic E-state index is 0.0375.